The smallest absolute Gasteiger partial charge is 0.387 e. The Bertz CT molecular complexity index is 1140. The number of nitrogens with one attached hydrogen (secondary N) is 1. The maximum absolute atomic E-state index is 13.4. The number of aromatic nitrogens is 1. The van der Waals surface area contributed by atoms with Crippen LogP contribution < -0.4 is 20.5 Å². The van der Waals surface area contributed by atoms with Gasteiger partial charge in [-0.25, -0.2) is 4.98 Å². The molecule has 1 aromatic carbocycles. The Morgan fingerprint density at radius 2 is 1.87 bits per heavy atom. The van der Waals surface area contributed by atoms with Gasteiger partial charge < -0.3 is 29.8 Å². The van der Waals surface area contributed by atoms with Crippen LogP contribution in [0.2, 0.25) is 0 Å². The fraction of sp³-hybridized carbons (Fsp3) is 0.577. The topological polar surface area (TPSA) is 120 Å². The van der Waals surface area contributed by atoms with Crippen LogP contribution in [0.15, 0.2) is 22.6 Å². The van der Waals surface area contributed by atoms with Crippen molar-refractivity contribution in [2.24, 2.45) is 17.6 Å². The number of oxazole rings is 1. The molecule has 2 aromatic rings. The lowest BCUT2D eigenvalue weighted by molar-refractivity contribution is -0.126. The molecule has 2 aliphatic carbocycles. The predicted molar refractivity (Wildman–Crippen MR) is 136 cm³/mol. The number of benzene rings is 1. The van der Waals surface area contributed by atoms with Gasteiger partial charge in [-0.15, -0.1) is 12.4 Å². The fourth-order valence-corrected chi connectivity index (χ4v) is 4.40. The van der Waals surface area contributed by atoms with Crippen molar-refractivity contribution in [3.63, 3.8) is 0 Å². The van der Waals surface area contributed by atoms with E-state index in [2.05, 4.69) is 15.0 Å². The Kier molecular flexibility index (Phi) is 8.77. The summed E-state index contributed by atoms with van der Waals surface area (Å²) in [6, 6.07) is 4.13. The summed E-state index contributed by atoms with van der Waals surface area (Å²) in [5, 5.41) is 3.04. The van der Waals surface area contributed by atoms with Gasteiger partial charge in [0.25, 0.3) is 5.91 Å². The number of nitrogens with two attached hydrogens (primary N) is 1. The molecule has 1 atom stereocenters. The molecule has 0 bridgehead atoms. The van der Waals surface area contributed by atoms with Gasteiger partial charge in [0.05, 0.1) is 12.6 Å². The molecule has 3 N–H and O–H groups in total. The molecule has 1 aromatic heterocycles. The molecule has 3 aliphatic rings. The van der Waals surface area contributed by atoms with Gasteiger partial charge in [-0.05, 0) is 69.6 Å². The average Bonchev–Trinajstić information content (AvgIpc) is 3.81. The number of likely N-dealkylation sites (tertiary alicyclic amines) is 1. The Hall–Kier alpha value is -2.92. The van der Waals surface area contributed by atoms with E-state index in [0.29, 0.717) is 50.1 Å². The molecule has 38 heavy (non-hydrogen) atoms. The SMILES string of the molecule is C[C@H](N)c1oc(-c2ccc(OC(F)F)c(OCC3CC3)c2)nc1C(=O)N1CCC(C(=O)NC2CC2)CC1.Cl. The summed E-state index contributed by atoms with van der Waals surface area (Å²) in [6.07, 6.45) is 5.30. The lowest BCUT2D eigenvalue weighted by Gasteiger charge is -2.31. The van der Waals surface area contributed by atoms with Crippen molar-refractivity contribution < 1.29 is 32.3 Å². The van der Waals surface area contributed by atoms with Crippen LogP contribution in [0.25, 0.3) is 11.5 Å². The first-order valence-electron chi connectivity index (χ1n) is 12.9. The Morgan fingerprint density at radius 1 is 1.16 bits per heavy atom. The molecule has 5 rings (SSSR count). The molecule has 2 amide bonds. The van der Waals surface area contributed by atoms with Gasteiger partial charge in [0.2, 0.25) is 11.8 Å². The van der Waals surface area contributed by atoms with Crippen LogP contribution in [0.4, 0.5) is 8.78 Å². The molecule has 12 heteroatoms. The van der Waals surface area contributed by atoms with Gasteiger partial charge in [0.15, 0.2) is 23.0 Å². The number of rotatable bonds is 10. The maximum Gasteiger partial charge on any atom is 0.387 e. The van der Waals surface area contributed by atoms with Crippen LogP contribution in [-0.2, 0) is 4.79 Å². The number of amides is 2. The molecule has 2 heterocycles. The minimum atomic E-state index is -2.99. The zero-order valence-electron chi connectivity index (χ0n) is 21.2. The molecule has 1 aliphatic heterocycles. The first-order chi connectivity index (χ1) is 17.8. The zero-order chi connectivity index (χ0) is 26.1. The number of alkyl halides is 2. The van der Waals surface area contributed by atoms with Gasteiger partial charge in [-0.2, -0.15) is 8.78 Å². The molecule has 0 spiro atoms. The summed E-state index contributed by atoms with van der Waals surface area (Å²) in [4.78, 5) is 31.9. The second-order valence-electron chi connectivity index (χ2n) is 10.2. The zero-order valence-corrected chi connectivity index (χ0v) is 22.0. The molecule has 208 valence electrons. The third-order valence-electron chi connectivity index (χ3n) is 6.92. The van der Waals surface area contributed by atoms with Crippen LogP contribution in [0.5, 0.6) is 11.5 Å². The van der Waals surface area contributed by atoms with E-state index in [-0.39, 0.29) is 59.0 Å². The number of piperidine rings is 1. The number of hydrogen-bond acceptors (Lipinski definition) is 7. The lowest BCUT2D eigenvalue weighted by Crippen LogP contribution is -2.43. The highest BCUT2D eigenvalue weighted by Crippen LogP contribution is 2.37. The van der Waals surface area contributed by atoms with Gasteiger partial charge in [0, 0.05) is 30.6 Å². The highest BCUT2D eigenvalue weighted by molar-refractivity contribution is 5.94. The Balaban J connectivity index is 0.00000336. The third kappa shape index (κ3) is 6.74. The summed E-state index contributed by atoms with van der Waals surface area (Å²) in [5.74, 6) is 0.500. The quantitative estimate of drug-likeness (QED) is 0.449. The number of halogens is 3. The molecule has 2 saturated carbocycles. The first-order valence-corrected chi connectivity index (χ1v) is 12.9. The van der Waals surface area contributed by atoms with Crippen molar-refractivity contribution in [2.75, 3.05) is 19.7 Å². The molecule has 9 nitrogen and oxygen atoms in total. The molecule has 0 unspecified atom stereocenters. The van der Waals surface area contributed by atoms with Crippen LogP contribution in [0, 0.1) is 11.8 Å². The van der Waals surface area contributed by atoms with E-state index in [0.717, 1.165) is 25.7 Å². The molecule has 1 saturated heterocycles. The second-order valence-corrected chi connectivity index (χ2v) is 10.2. The van der Waals surface area contributed by atoms with E-state index in [1.54, 1.807) is 11.8 Å². The summed E-state index contributed by atoms with van der Waals surface area (Å²) in [6.45, 7) is -0.0343. The predicted octanol–water partition coefficient (Wildman–Crippen LogP) is 4.30. The number of nitrogens with zero attached hydrogens (tertiary/aromatic N) is 2. The van der Waals surface area contributed by atoms with Gasteiger partial charge in [0.1, 0.15) is 0 Å². The molecular formula is C26H33ClF2N4O5. The van der Waals surface area contributed by atoms with E-state index >= 15 is 0 Å². The summed E-state index contributed by atoms with van der Waals surface area (Å²) >= 11 is 0. The van der Waals surface area contributed by atoms with Crippen molar-refractivity contribution >= 4 is 24.2 Å². The summed E-state index contributed by atoms with van der Waals surface area (Å²) in [7, 11) is 0. The second kappa shape index (κ2) is 11.9. The van der Waals surface area contributed by atoms with Gasteiger partial charge in [-0.1, -0.05) is 0 Å². The van der Waals surface area contributed by atoms with Crippen molar-refractivity contribution in [3.8, 4) is 23.0 Å². The van der Waals surface area contributed by atoms with E-state index in [9.17, 15) is 18.4 Å². The van der Waals surface area contributed by atoms with E-state index in [1.165, 1.54) is 18.2 Å². The number of ether oxygens (including phenoxy) is 2. The maximum atomic E-state index is 13.4. The fourth-order valence-electron chi connectivity index (χ4n) is 4.40. The van der Waals surface area contributed by atoms with Gasteiger partial charge >= 0.3 is 6.61 Å². The van der Waals surface area contributed by atoms with E-state index in [4.69, 9.17) is 14.9 Å². The van der Waals surface area contributed by atoms with Crippen LogP contribution in [-0.4, -0.2) is 54.0 Å². The Labute approximate surface area is 225 Å². The number of hydrogen-bond donors (Lipinski definition) is 2. The van der Waals surface area contributed by atoms with Crippen molar-refractivity contribution in [2.45, 2.75) is 64.1 Å². The monoisotopic (exact) mass is 554 g/mol. The molecule has 3 fully saturated rings. The molecule has 0 radical (unpaired) electrons. The highest BCUT2D eigenvalue weighted by atomic mass is 35.5. The third-order valence-corrected chi connectivity index (χ3v) is 6.92. The van der Waals surface area contributed by atoms with Crippen LogP contribution >= 0.6 is 12.4 Å². The molecular weight excluding hydrogens is 522 g/mol. The largest absolute Gasteiger partial charge is 0.489 e. The number of carbonyl (C=O) groups excluding carboxylic acids is 2. The summed E-state index contributed by atoms with van der Waals surface area (Å²) in [5.41, 5.74) is 6.66. The standard InChI is InChI=1S/C26H32F2N4O5.ClH/c1-14(29)22-21(25(34)32-10-8-16(9-11-32)23(33)30-18-5-6-18)31-24(37-22)17-4-7-19(36-26(27)28)20(12-17)35-13-15-2-3-15;/h4,7,12,14-16,18,26H,2-3,5-6,8-11,13,29H2,1H3,(H,30,33);1H/t14-;/m0./s1. The van der Waals surface area contributed by atoms with Crippen molar-refractivity contribution in [1.29, 1.82) is 0 Å². The first kappa shape index (κ1) is 28.1. The number of carbonyl (C=O) groups is 2. The average molecular weight is 555 g/mol. The van der Waals surface area contributed by atoms with Crippen molar-refractivity contribution in [1.82, 2.24) is 15.2 Å². The van der Waals surface area contributed by atoms with E-state index < -0.39 is 12.7 Å². The van der Waals surface area contributed by atoms with Crippen LogP contribution in [0.1, 0.15) is 67.7 Å². The highest BCUT2D eigenvalue weighted by Gasteiger charge is 2.34. The normalized spacial score (nSPS) is 18.6. The van der Waals surface area contributed by atoms with Gasteiger partial charge in [-0.3, -0.25) is 9.59 Å². The van der Waals surface area contributed by atoms with Crippen LogP contribution in [0.3, 0.4) is 0 Å². The lowest BCUT2D eigenvalue weighted by atomic mass is 9.95. The summed E-state index contributed by atoms with van der Waals surface area (Å²) < 4.78 is 42.0. The minimum absolute atomic E-state index is 0. The van der Waals surface area contributed by atoms with E-state index in [1.807, 2.05) is 0 Å². The minimum Gasteiger partial charge on any atom is -0.489 e. The van der Waals surface area contributed by atoms with Crippen molar-refractivity contribution in [3.05, 3.63) is 29.7 Å². The Morgan fingerprint density at radius 3 is 2.47 bits per heavy atom.